The summed E-state index contributed by atoms with van der Waals surface area (Å²) < 4.78 is 10.2. The van der Waals surface area contributed by atoms with Crippen LogP contribution < -0.4 is 20.1 Å². The monoisotopic (exact) mass is 480 g/mol. The number of halogens is 2. The number of hydrogen-bond donors (Lipinski definition) is 2. The molecule has 0 bridgehead atoms. The molecule has 2 amide bonds. The molecule has 0 saturated heterocycles. The molecule has 6 nitrogen and oxygen atoms in total. The second kappa shape index (κ2) is 13.9. The van der Waals surface area contributed by atoms with Crippen LogP contribution >= 0.6 is 23.2 Å². The van der Waals surface area contributed by atoms with Gasteiger partial charge in [0.2, 0.25) is 11.8 Å². The van der Waals surface area contributed by atoms with Gasteiger partial charge in [-0.1, -0.05) is 48.9 Å². The molecule has 0 spiro atoms. The number of amides is 2. The van der Waals surface area contributed by atoms with E-state index in [-0.39, 0.29) is 11.8 Å². The summed E-state index contributed by atoms with van der Waals surface area (Å²) in [6.45, 7) is 0. The zero-order valence-electron chi connectivity index (χ0n) is 18.5. The van der Waals surface area contributed by atoms with Crippen LogP contribution in [0, 0.1) is 0 Å². The molecule has 174 valence electrons. The number of benzene rings is 2. The number of rotatable bonds is 13. The summed E-state index contributed by atoms with van der Waals surface area (Å²) in [7, 11) is 3.10. The molecule has 0 aliphatic rings. The van der Waals surface area contributed by atoms with E-state index in [9.17, 15) is 9.59 Å². The zero-order chi connectivity index (χ0) is 23.3. The summed E-state index contributed by atoms with van der Waals surface area (Å²) in [5.41, 5.74) is 1.33. The first-order chi connectivity index (χ1) is 15.4. The van der Waals surface area contributed by atoms with E-state index in [0.29, 0.717) is 45.8 Å². The number of carbonyl (C=O) groups excluding carboxylic acids is 2. The van der Waals surface area contributed by atoms with Crippen LogP contribution in [0.5, 0.6) is 11.5 Å². The molecule has 8 heteroatoms. The Morgan fingerprint density at radius 2 is 1.06 bits per heavy atom. The predicted molar refractivity (Wildman–Crippen MR) is 130 cm³/mol. The van der Waals surface area contributed by atoms with Gasteiger partial charge in [-0.25, -0.2) is 0 Å². The van der Waals surface area contributed by atoms with Gasteiger partial charge in [0.25, 0.3) is 0 Å². The van der Waals surface area contributed by atoms with Gasteiger partial charge in [0.1, 0.15) is 11.5 Å². The summed E-state index contributed by atoms with van der Waals surface area (Å²) >= 11 is 12.1. The lowest BCUT2D eigenvalue weighted by molar-refractivity contribution is -0.117. The van der Waals surface area contributed by atoms with Crippen LogP contribution in [-0.2, 0) is 9.59 Å². The molecule has 2 rings (SSSR count). The SMILES string of the molecule is COc1ccc(NC(=O)CCCCCCCCC(=O)Nc2ccc(OC)c(Cl)c2)cc1Cl. The van der Waals surface area contributed by atoms with Crippen molar-refractivity contribution < 1.29 is 19.1 Å². The van der Waals surface area contributed by atoms with Crippen molar-refractivity contribution in [1.29, 1.82) is 0 Å². The molecule has 0 aliphatic carbocycles. The van der Waals surface area contributed by atoms with E-state index < -0.39 is 0 Å². The number of ether oxygens (including phenoxy) is 2. The quantitative estimate of drug-likeness (QED) is 0.312. The average Bonchev–Trinajstić information content (AvgIpc) is 2.76. The van der Waals surface area contributed by atoms with Gasteiger partial charge in [-0.3, -0.25) is 9.59 Å². The Kier molecular flexibility index (Phi) is 11.2. The van der Waals surface area contributed by atoms with Gasteiger partial charge >= 0.3 is 0 Å². The van der Waals surface area contributed by atoms with Crippen LogP contribution in [0.15, 0.2) is 36.4 Å². The maximum Gasteiger partial charge on any atom is 0.224 e. The number of methoxy groups -OCH3 is 2. The molecule has 0 fully saturated rings. The Hall–Kier alpha value is -2.44. The first kappa shape index (κ1) is 25.8. The van der Waals surface area contributed by atoms with Crippen molar-refractivity contribution in [1.82, 2.24) is 0 Å². The number of anilines is 2. The average molecular weight is 481 g/mol. The van der Waals surface area contributed by atoms with E-state index in [4.69, 9.17) is 32.7 Å². The lowest BCUT2D eigenvalue weighted by atomic mass is 10.1. The lowest BCUT2D eigenvalue weighted by Gasteiger charge is -2.08. The molecular formula is C24H30Cl2N2O4. The Morgan fingerprint density at radius 1 is 0.688 bits per heavy atom. The Bertz CT molecular complexity index is 832. The zero-order valence-corrected chi connectivity index (χ0v) is 20.0. The second-order valence-corrected chi connectivity index (χ2v) is 8.23. The Labute approximate surface area is 199 Å². The summed E-state index contributed by atoms with van der Waals surface area (Å²) in [6.07, 6.45) is 6.63. The number of hydrogen-bond acceptors (Lipinski definition) is 4. The normalized spacial score (nSPS) is 10.5. The van der Waals surface area contributed by atoms with Crippen molar-refractivity contribution in [3.8, 4) is 11.5 Å². The molecule has 2 N–H and O–H groups in total. The fraction of sp³-hybridized carbons (Fsp3) is 0.417. The summed E-state index contributed by atoms with van der Waals surface area (Å²) in [4.78, 5) is 24.1. The summed E-state index contributed by atoms with van der Waals surface area (Å²) in [5.74, 6) is 1.10. The highest BCUT2D eigenvalue weighted by atomic mass is 35.5. The van der Waals surface area contributed by atoms with Gasteiger partial charge in [-0.15, -0.1) is 0 Å². The summed E-state index contributed by atoms with van der Waals surface area (Å²) in [6, 6.07) is 10.3. The van der Waals surface area contributed by atoms with E-state index in [1.54, 1.807) is 50.6 Å². The second-order valence-electron chi connectivity index (χ2n) is 7.42. The van der Waals surface area contributed by atoms with Gasteiger partial charge in [-0.2, -0.15) is 0 Å². The number of nitrogens with one attached hydrogen (secondary N) is 2. The van der Waals surface area contributed by atoms with Gasteiger partial charge < -0.3 is 20.1 Å². The van der Waals surface area contributed by atoms with Crippen LogP contribution in [0.2, 0.25) is 10.0 Å². The molecule has 0 heterocycles. The third-order valence-corrected chi connectivity index (χ3v) is 5.52. The maximum atomic E-state index is 12.1. The highest BCUT2D eigenvalue weighted by Gasteiger charge is 2.07. The molecule has 2 aromatic rings. The fourth-order valence-electron chi connectivity index (χ4n) is 3.21. The highest BCUT2D eigenvalue weighted by molar-refractivity contribution is 6.32. The minimum Gasteiger partial charge on any atom is -0.495 e. The van der Waals surface area contributed by atoms with Crippen molar-refractivity contribution in [2.45, 2.75) is 51.4 Å². The van der Waals surface area contributed by atoms with E-state index in [2.05, 4.69) is 10.6 Å². The van der Waals surface area contributed by atoms with Crippen LogP contribution in [0.1, 0.15) is 51.4 Å². The van der Waals surface area contributed by atoms with E-state index in [1.165, 1.54) is 0 Å². The van der Waals surface area contributed by atoms with Crippen molar-refractivity contribution in [2.24, 2.45) is 0 Å². The van der Waals surface area contributed by atoms with Crippen molar-refractivity contribution >= 4 is 46.4 Å². The minimum atomic E-state index is -0.0264. The molecule has 0 atom stereocenters. The molecular weight excluding hydrogens is 451 g/mol. The van der Waals surface area contributed by atoms with E-state index in [0.717, 1.165) is 38.5 Å². The van der Waals surface area contributed by atoms with E-state index in [1.807, 2.05) is 0 Å². The lowest BCUT2D eigenvalue weighted by Crippen LogP contribution is -2.11. The highest BCUT2D eigenvalue weighted by Crippen LogP contribution is 2.28. The standard InChI is InChI=1S/C24H30Cl2N2O4/c1-31-21-13-11-17(15-19(21)25)27-23(29)9-7-5-3-4-6-8-10-24(30)28-18-12-14-22(32-2)20(26)16-18/h11-16H,3-10H2,1-2H3,(H,27,29)(H,28,30). The number of carbonyl (C=O) groups is 2. The molecule has 32 heavy (non-hydrogen) atoms. The summed E-state index contributed by atoms with van der Waals surface area (Å²) in [5, 5.41) is 6.63. The molecule has 0 saturated carbocycles. The molecule has 0 unspecified atom stereocenters. The topological polar surface area (TPSA) is 76.7 Å². The molecule has 2 aromatic carbocycles. The number of unbranched alkanes of at least 4 members (excludes halogenated alkanes) is 5. The third-order valence-electron chi connectivity index (χ3n) is 4.93. The Balaban J connectivity index is 1.52. The first-order valence-electron chi connectivity index (χ1n) is 10.7. The van der Waals surface area contributed by atoms with Crippen molar-refractivity contribution in [3.63, 3.8) is 0 Å². The van der Waals surface area contributed by atoms with Crippen molar-refractivity contribution in [3.05, 3.63) is 46.4 Å². The van der Waals surface area contributed by atoms with Gasteiger partial charge in [0.15, 0.2) is 0 Å². The van der Waals surface area contributed by atoms with Gasteiger partial charge in [0, 0.05) is 24.2 Å². The predicted octanol–water partition coefficient (Wildman–Crippen LogP) is 6.71. The smallest absolute Gasteiger partial charge is 0.224 e. The van der Waals surface area contributed by atoms with Gasteiger partial charge in [0.05, 0.1) is 24.3 Å². The molecule has 0 aliphatic heterocycles. The fourth-order valence-corrected chi connectivity index (χ4v) is 3.73. The van der Waals surface area contributed by atoms with Crippen LogP contribution in [0.3, 0.4) is 0 Å². The third kappa shape index (κ3) is 8.97. The van der Waals surface area contributed by atoms with Gasteiger partial charge in [-0.05, 0) is 49.2 Å². The minimum absolute atomic E-state index is 0.0264. The van der Waals surface area contributed by atoms with Crippen molar-refractivity contribution in [2.75, 3.05) is 24.9 Å². The first-order valence-corrected chi connectivity index (χ1v) is 11.5. The Morgan fingerprint density at radius 3 is 1.41 bits per heavy atom. The largest absolute Gasteiger partial charge is 0.495 e. The molecule has 0 radical (unpaired) electrons. The van der Waals surface area contributed by atoms with Crippen LogP contribution in [-0.4, -0.2) is 26.0 Å². The molecule has 0 aromatic heterocycles. The van der Waals surface area contributed by atoms with E-state index >= 15 is 0 Å². The van der Waals surface area contributed by atoms with Crippen LogP contribution in [0.25, 0.3) is 0 Å². The van der Waals surface area contributed by atoms with Crippen LogP contribution in [0.4, 0.5) is 11.4 Å². The maximum absolute atomic E-state index is 12.1.